The number of carbonyl (C=O) groups is 1. The van der Waals surface area contributed by atoms with E-state index < -0.39 is 0 Å². The second-order valence-electron chi connectivity index (χ2n) is 3.06. The minimum atomic E-state index is -0.237. The number of nitrogens with zero attached hydrogens (tertiary/aromatic N) is 1. The van der Waals surface area contributed by atoms with Gasteiger partial charge in [0.1, 0.15) is 0 Å². The lowest BCUT2D eigenvalue weighted by molar-refractivity contribution is 0.230. The van der Waals surface area contributed by atoms with E-state index in [-0.39, 0.29) is 6.03 Å². The van der Waals surface area contributed by atoms with E-state index in [1.54, 1.807) is 32.3 Å². The number of rotatable bonds is 1. The monoisotopic (exact) mass is 213 g/mol. The van der Waals surface area contributed by atoms with Crippen molar-refractivity contribution in [3.63, 3.8) is 0 Å². The lowest BCUT2D eigenvalue weighted by Gasteiger charge is -2.13. The van der Waals surface area contributed by atoms with E-state index in [1.165, 1.54) is 4.90 Å². The van der Waals surface area contributed by atoms with Gasteiger partial charge in [0.15, 0.2) is 0 Å². The van der Waals surface area contributed by atoms with Crippen molar-refractivity contribution in [1.82, 2.24) is 4.90 Å². The molecule has 0 saturated carbocycles. The standard InChI is InChI=1S/C9H12ClN3O/c1-13(2)9(14)12-8-5-6(10)3-4-7(8)11/h3-5H,11H2,1-2H3,(H,12,14). The fraction of sp³-hybridized carbons (Fsp3) is 0.222. The zero-order valence-corrected chi connectivity index (χ0v) is 8.80. The third kappa shape index (κ3) is 2.53. The maximum atomic E-state index is 11.3. The molecule has 0 radical (unpaired) electrons. The molecule has 0 heterocycles. The molecule has 0 aromatic heterocycles. The zero-order valence-electron chi connectivity index (χ0n) is 8.04. The summed E-state index contributed by atoms with van der Waals surface area (Å²) >= 11 is 5.76. The highest BCUT2D eigenvalue weighted by molar-refractivity contribution is 6.31. The molecule has 0 unspecified atom stereocenters. The third-order valence-corrected chi connectivity index (χ3v) is 1.90. The number of anilines is 2. The molecular formula is C9H12ClN3O. The van der Waals surface area contributed by atoms with E-state index in [0.29, 0.717) is 16.4 Å². The highest BCUT2D eigenvalue weighted by atomic mass is 35.5. The van der Waals surface area contributed by atoms with E-state index in [2.05, 4.69) is 5.32 Å². The van der Waals surface area contributed by atoms with E-state index in [9.17, 15) is 4.79 Å². The van der Waals surface area contributed by atoms with Gasteiger partial charge in [-0.25, -0.2) is 4.79 Å². The average Bonchev–Trinajstić information content (AvgIpc) is 2.11. The number of nitrogen functional groups attached to an aromatic ring is 1. The van der Waals surface area contributed by atoms with Crippen LogP contribution in [0.25, 0.3) is 0 Å². The van der Waals surface area contributed by atoms with Crippen LogP contribution in [0.4, 0.5) is 16.2 Å². The van der Waals surface area contributed by atoms with Gasteiger partial charge in [-0.05, 0) is 18.2 Å². The van der Waals surface area contributed by atoms with Crippen LogP contribution in [-0.4, -0.2) is 25.0 Å². The summed E-state index contributed by atoms with van der Waals surface area (Å²) in [6.45, 7) is 0. The van der Waals surface area contributed by atoms with Crippen LogP contribution in [0.1, 0.15) is 0 Å². The van der Waals surface area contributed by atoms with Crippen LogP contribution in [-0.2, 0) is 0 Å². The van der Waals surface area contributed by atoms with Crippen molar-refractivity contribution in [2.24, 2.45) is 0 Å². The molecule has 5 heteroatoms. The highest BCUT2D eigenvalue weighted by Gasteiger charge is 2.06. The van der Waals surface area contributed by atoms with Crippen LogP contribution < -0.4 is 11.1 Å². The topological polar surface area (TPSA) is 58.4 Å². The maximum absolute atomic E-state index is 11.3. The summed E-state index contributed by atoms with van der Waals surface area (Å²) in [7, 11) is 3.30. The van der Waals surface area contributed by atoms with Crippen LogP contribution in [0.2, 0.25) is 5.02 Å². The molecule has 0 spiro atoms. The molecule has 0 bridgehead atoms. The van der Waals surface area contributed by atoms with E-state index in [4.69, 9.17) is 17.3 Å². The number of carbonyl (C=O) groups excluding carboxylic acids is 1. The molecular weight excluding hydrogens is 202 g/mol. The number of hydrogen-bond acceptors (Lipinski definition) is 2. The van der Waals surface area contributed by atoms with Crippen molar-refractivity contribution >= 4 is 29.0 Å². The van der Waals surface area contributed by atoms with Crippen LogP contribution in [0.5, 0.6) is 0 Å². The summed E-state index contributed by atoms with van der Waals surface area (Å²) < 4.78 is 0. The number of hydrogen-bond donors (Lipinski definition) is 2. The van der Waals surface area contributed by atoms with Crippen LogP contribution in [0, 0.1) is 0 Å². The Morgan fingerprint density at radius 1 is 1.50 bits per heavy atom. The van der Waals surface area contributed by atoms with Gasteiger partial charge in [-0.3, -0.25) is 0 Å². The predicted octanol–water partition coefficient (Wildman–Crippen LogP) is 2.02. The Hall–Kier alpha value is -1.42. The van der Waals surface area contributed by atoms with Gasteiger partial charge in [0.25, 0.3) is 0 Å². The minimum absolute atomic E-state index is 0.237. The van der Waals surface area contributed by atoms with Crippen molar-refractivity contribution in [2.75, 3.05) is 25.1 Å². The number of nitrogens with one attached hydrogen (secondary N) is 1. The van der Waals surface area contributed by atoms with Crippen molar-refractivity contribution in [3.8, 4) is 0 Å². The van der Waals surface area contributed by atoms with Crippen LogP contribution in [0.3, 0.4) is 0 Å². The van der Waals surface area contributed by atoms with Gasteiger partial charge in [0.05, 0.1) is 11.4 Å². The first kappa shape index (κ1) is 10.7. The maximum Gasteiger partial charge on any atom is 0.321 e. The molecule has 0 aliphatic rings. The van der Waals surface area contributed by atoms with Gasteiger partial charge in [0, 0.05) is 19.1 Å². The minimum Gasteiger partial charge on any atom is -0.397 e. The summed E-state index contributed by atoms with van der Waals surface area (Å²) in [4.78, 5) is 12.7. The third-order valence-electron chi connectivity index (χ3n) is 1.66. The Balaban J connectivity index is 2.86. The van der Waals surface area contributed by atoms with Gasteiger partial charge < -0.3 is 16.0 Å². The van der Waals surface area contributed by atoms with E-state index in [0.717, 1.165) is 0 Å². The Kier molecular flexibility index (Phi) is 3.19. The SMILES string of the molecule is CN(C)C(=O)Nc1cc(Cl)ccc1N. The quantitative estimate of drug-likeness (QED) is 0.702. The Bertz CT molecular complexity index is 352. The molecule has 2 amide bonds. The second kappa shape index (κ2) is 4.19. The first-order valence-corrected chi connectivity index (χ1v) is 4.42. The average molecular weight is 214 g/mol. The van der Waals surface area contributed by atoms with Gasteiger partial charge in [-0.2, -0.15) is 0 Å². The largest absolute Gasteiger partial charge is 0.397 e. The summed E-state index contributed by atoms with van der Waals surface area (Å²) in [6.07, 6.45) is 0. The van der Waals surface area contributed by atoms with Crippen molar-refractivity contribution in [2.45, 2.75) is 0 Å². The predicted molar refractivity (Wildman–Crippen MR) is 58.6 cm³/mol. The first-order valence-electron chi connectivity index (χ1n) is 4.04. The Labute approximate surface area is 87.6 Å². The molecule has 1 rings (SSSR count). The van der Waals surface area contributed by atoms with E-state index >= 15 is 0 Å². The van der Waals surface area contributed by atoms with Gasteiger partial charge in [-0.1, -0.05) is 11.6 Å². The molecule has 3 N–H and O–H groups in total. The van der Waals surface area contributed by atoms with Crippen molar-refractivity contribution in [1.29, 1.82) is 0 Å². The molecule has 1 aromatic rings. The first-order chi connectivity index (χ1) is 6.50. The van der Waals surface area contributed by atoms with Crippen LogP contribution >= 0.6 is 11.6 Å². The fourth-order valence-corrected chi connectivity index (χ4v) is 1.04. The fourth-order valence-electron chi connectivity index (χ4n) is 0.864. The normalized spacial score (nSPS) is 9.64. The van der Waals surface area contributed by atoms with Crippen molar-refractivity contribution < 1.29 is 4.79 Å². The van der Waals surface area contributed by atoms with E-state index in [1.807, 2.05) is 0 Å². The second-order valence-corrected chi connectivity index (χ2v) is 3.49. The van der Waals surface area contributed by atoms with Crippen molar-refractivity contribution in [3.05, 3.63) is 23.2 Å². The Morgan fingerprint density at radius 3 is 2.71 bits per heavy atom. The number of benzene rings is 1. The molecule has 0 fully saturated rings. The summed E-state index contributed by atoms with van der Waals surface area (Å²) in [5, 5.41) is 3.16. The lowest BCUT2D eigenvalue weighted by atomic mass is 10.3. The molecule has 0 aliphatic carbocycles. The summed E-state index contributed by atoms with van der Waals surface area (Å²) in [6, 6.07) is 4.69. The number of halogens is 1. The molecule has 76 valence electrons. The van der Waals surface area contributed by atoms with Crippen LogP contribution in [0.15, 0.2) is 18.2 Å². The molecule has 4 nitrogen and oxygen atoms in total. The smallest absolute Gasteiger partial charge is 0.321 e. The number of nitrogens with two attached hydrogens (primary N) is 1. The summed E-state index contributed by atoms with van der Waals surface area (Å²) in [5.41, 5.74) is 6.66. The summed E-state index contributed by atoms with van der Waals surface area (Å²) in [5.74, 6) is 0. The lowest BCUT2D eigenvalue weighted by Crippen LogP contribution is -2.27. The molecule has 14 heavy (non-hydrogen) atoms. The molecule has 0 atom stereocenters. The number of amides is 2. The van der Waals surface area contributed by atoms with Gasteiger partial charge >= 0.3 is 6.03 Å². The Morgan fingerprint density at radius 2 is 2.14 bits per heavy atom. The molecule has 1 aromatic carbocycles. The van der Waals surface area contributed by atoms with Gasteiger partial charge in [-0.15, -0.1) is 0 Å². The zero-order chi connectivity index (χ0) is 10.7. The molecule has 0 saturated heterocycles. The van der Waals surface area contributed by atoms with Gasteiger partial charge in [0.2, 0.25) is 0 Å². The number of urea groups is 1. The highest BCUT2D eigenvalue weighted by Crippen LogP contribution is 2.22. The molecule has 0 aliphatic heterocycles.